The zero-order valence-corrected chi connectivity index (χ0v) is 30.7. The lowest BCUT2D eigenvalue weighted by molar-refractivity contribution is 0.660. The summed E-state index contributed by atoms with van der Waals surface area (Å²) in [7, 11) is 0. The van der Waals surface area contributed by atoms with Gasteiger partial charge in [0.1, 0.15) is 0 Å². The fourth-order valence-corrected chi connectivity index (χ4v) is 8.46. The van der Waals surface area contributed by atoms with Crippen molar-refractivity contribution in [1.82, 2.24) is 15.0 Å². The Hall–Kier alpha value is -6.97. The van der Waals surface area contributed by atoms with Crippen molar-refractivity contribution >= 4 is 10.8 Å². The third-order valence-corrected chi connectivity index (χ3v) is 11.2. The highest BCUT2D eigenvalue weighted by atomic mass is 15.0. The Labute approximate surface area is 321 Å². The van der Waals surface area contributed by atoms with Crippen molar-refractivity contribution in [3.8, 4) is 78.7 Å². The van der Waals surface area contributed by atoms with Gasteiger partial charge in [0, 0.05) is 22.1 Å². The molecule has 8 aromatic carbocycles. The largest absolute Gasteiger partial charge is 0.208 e. The van der Waals surface area contributed by atoms with Gasteiger partial charge in [0.2, 0.25) is 0 Å². The molecular weight excluding hydrogens is 667 g/mol. The highest BCUT2D eigenvalue weighted by Crippen LogP contribution is 2.52. The van der Waals surface area contributed by atoms with Crippen molar-refractivity contribution in [2.45, 2.75) is 19.3 Å². The molecule has 0 spiro atoms. The van der Waals surface area contributed by atoms with Gasteiger partial charge in [0.05, 0.1) is 0 Å². The summed E-state index contributed by atoms with van der Waals surface area (Å²) in [5, 5.41) is 2.23. The van der Waals surface area contributed by atoms with Crippen molar-refractivity contribution < 1.29 is 0 Å². The lowest BCUT2D eigenvalue weighted by Gasteiger charge is -2.21. The number of benzene rings is 8. The van der Waals surface area contributed by atoms with Gasteiger partial charge in [-0.1, -0.05) is 196 Å². The van der Waals surface area contributed by atoms with Crippen LogP contribution in [0.3, 0.4) is 0 Å². The van der Waals surface area contributed by atoms with Gasteiger partial charge in [-0.25, -0.2) is 15.0 Å². The van der Waals surface area contributed by atoms with E-state index in [9.17, 15) is 0 Å². The van der Waals surface area contributed by atoms with Crippen molar-refractivity contribution in [3.05, 3.63) is 199 Å². The smallest absolute Gasteiger partial charge is 0.164 e. The number of hydrogen-bond donors (Lipinski definition) is 0. The van der Waals surface area contributed by atoms with E-state index in [1.807, 2.05) is 12.1 Å². The van der Waals surface area contributed by atoms with Gasteiger partial charge in [0.15, 0.2) is 17.5 Å². The SMILES string of the molecule is CC1(C)c2ccccc2-c2c(-c3ccc4cccc(-c5nc(-c6ccccc6-c6ccccc6)nc(-c6ccccc6-c6ccccc6)n5)c4c3)cccc21. The molecule has 0 radical (unpaired) electrons. The maximum absolute atomic E-state index is 5.32. The topological polar surface area (TPSA) is 38.7 Å². The molecule has 9 aromatic rings. The molecule has 55 heavy (non-hydrogen) atoms. The summed E-state index contributed by atoms with van der Waals surface area (Å²) >= 11 is 0. The number of aromatic nitrogens is 3. The second kappa shape index (κ2) is 13.2. The third-order valence-electron chi connectivity index (χ3n) is 11.2. The highest BCUT2D eigenvalue weighted by Gasteiger charge is 2.36. The fraction of sp³-hybridized carbons (Fsp3) is 0.0577. The third kappa shape index (κ3) is 5.55. The quantitative estimate of drug-likeness (QED) is 0.173. The molecule has 0 unspecified atom stereocenters. The summed E-state index contributed by atoms with van der Waals surface area (Å²) in [4.78, 5) is 15.9. The van der Waals surface area contributed by atoms with E-state index in [4.69, 9.17) is 15.0 Å². The van der Waals surface area contributed by atoms with E-state index in [2.05, 4.69) is 190 Å². The minimum absolute atomic E-state index is 0.0757. The molecule has 3 nitrogen and oxygen atoms in total. The summed E-state index contributed by atoms with van der Waals surface area (Å²) in [6.45, 7) is 4.67. The van der Waals surface area contributed by atoms with Crippen molar-refractivity contribution in [2.24, 2.45) is 0 Å². The van der Waals surface area contributed by atoms with Crippen LogP contribution in [-0.4, -0.2) is 15.0 Å². The average molecular weight is 704 g/mol. The number of rotatable bonds is 6. The summed E-state index contributed by atoms with van der Waals surface area (Å²) in [5.74, 6) is 1.91. The summed E-state index contributed by atoms with van der Waals surface area (Å²) in [6, 6.07) is 66.6. The van der Waals surface area contributed by atoms with Gasteiger partial charge in [0.25, 0.3) is 0 Å². The fourth-order valence-electron chi connectivity index (χ4n) is 8.46. The van der Waals surface area contributed by atoms with Crippen LogP contribution in [0.15, 0.2) is 188 Å². The van der Waals surface area contributed by atoms with E-state index in [1.165, 1.54) is 33.4 Å². The number of hydrogen-bond acceptors (Lipinski definition) is 3. The number of fused-ring (bicyclic) bond motifs is 4. The average Bonchev–Trinajstić information content (AvgIpc) is 3.49. The Morgan fingerprint density at radius 3 is 1.40 bits per heavy atom. The first-order valence-corrected chi connectivity index (χ1v) is 18.9. The molecule has 0 saturated carbocycles. The van der Waals surface area contributed by atoms with E-state index in [0.717, 1.165) is 49.7 Å². The standard InChI is InChI=1S/C52H37N3/c1-52(2)46-29-14-13-26-44(46)48-40(27-16-30-47(48)52)37-32-31-36-21-15-28-43(45(36)33-37)51-54-49(41-24-11-9-22-38(41)34-17-5-3-6-18-34)53-50(55-51)42-25-12-10-23-39(42)35-19-7-4-8-20-35/h3-33H,1-2H3. The molecule has 3 heteroatoms. The summed E-state index contributed by atoms with van der Waals surface area (Å²) < 4.78 is 0. The van der Waals surface area contributed by atoms with Crippen LogP contribution in [0.4, 0.5) is 0 Å². The molecule has 0 saturated heterocycles. The van der Waals surface area contributed by atoms with E-state index >= 15 is 0 Å². The predicted octanol–water partition coefficient (Wildman–Crippen LogP) is 13.3. The molecule has 1 aromatic heterocycles. The van der Waals surface area contributed by atoms with Crippen molar-refractivity contribution in [1.29, 1.82) is 0 Å². The first-order chi connectivity index (χ1) is 27.0. The van der Waals surface area contributed by atoms with Gasteiger partial charge in [-0.05, 0) is 72.5 Å². The minimum Gasteiger partial charge on any atom is -0.208 e. The van der Waals surface area contributed by atoms with E-state index in [1.54, 1.807) is 0 Å². The normalized spacial score (nSPS) is 12.7. The second-order valence-corrected chi connectivity index (χ2v) is 14.8. The zero-order valence-electron chi connectivity index (χ0n) is 30.7. The molecular formula is C52H37N3. The van der Waals surface area contributed by atoms with Crippen LogP contribution in [0, 0.1) is 0 Å². The second-order valence-electron chi connectivity index (χ2n) is 14.8. The van der Waals surface area contributed by atoms with Gasteiger partial charge in [-0.2, -0.15) is 0 Å². The van der Waals surface area contributed by atoms with E-state index in [0.29, 0.717) is 17.5 Å². The summed E-state index contributed by atoms with van der Waals surface area (Å²) in [5.41, 5.74) is 14.9. The van der Waals surface area contributed by atoms with Gasteiger partial charge in [-0.15, -0.1) is 0 Å². The van der Waals surface area contributed by atoms with Crippen LogP contribution in [0.5, 0.6) is 0 Å². The Bertz CT molecular complexity index is 2790. The van der Waals surface area contributed by atoms with Gasteiger partial charge >= 0.3 is 0 Å². The van der Waals surface area contributed by atoms with Crippen LogP contribution in [-0.2, 0) is 5.41 Å². The molecule has 1 heterocycles. The first kappa shape index (κ1) is 32.7. The Morgan fingerprint density at radius 1 is 0.327 bits per heavy atom. The number of nitrogens with zero attached hydrogens (tertiary/aromatic N) is 3. The molecule has 10 rings (SSSR count). The molecule has 1 aliphatic rings. The monoisotopic (exact) mass is 703 g/mol. The maximum Gasteiger partial charge on any atom is 0.164 e. The maximum atomic E-state index is 5.32. The van der Waals surface area contributed by atoms with Crippen LogP contribution in [0.25, 0.3) is 89.4 Å². The Balaban J connectivity index is 1.21. The minimum atomic E-state index is -0.0757. The van der Waals surface area contributed by atoms with E-state index < -0.39 is 0 Å². The van der Waals surface area contributed by atoms with Gasteiger partial charge < -0.3 is 0 Å². The van der Waals surface area contributed by atoms with Crippen LogP contribution in [0.1, 0.15) is 25.0 Å². The summed E-state index contributed by atoms with van der Waals surface area (Å²) in [6.07, 6.45) is 0. The molecule has 0 fully saturated rings. The predicted molar refractivity (Wildman–Crippen MR) is 228 cm³/mol. The van der Waals surface area contributed by atoms with E-state index in [-0.39, 0.29) is 5.41 Å². The molecule has 260 valence electrons. The zero-order chi connectivity index (χ0) is 36.9. The molecule has 1 aliphatic carbocycles. The molecule has 0 atom stereocenters. The van der Waals surface area contributed by atoms with Crippen LogP contribution in [0.2, 0.25) is 0 Å². The molecule has 0 N–H and O–H groups in total. The van der Waals surface area contributed by atoms with Crippen molar-refractivity contribution in [3.63, 3.8) is 0 Å². The molecule has 0 bridgehead atoms. The van der Waals surface area contributed by atoms with Crippen molar-refractivity contribution in [2.75, 3.05) is 0 Å². The molecule has 0 amide bonds. The lowest BCUT2D eigenvalue weighted by Crippen LogP contribution is -2.14. The van der Waals surface area contributed by atoms with Crippen LogP contribution < -0.4 is 0 Å². The first-order valence-electron chi connectivity index (χ1n) is 18.9. The lowest BCUT2D eigenvalue weighted by atomic mass is 9.82. The van der Waals surface area contributed by atoms with Gasteiger partial charge in [-0.3, -0.25) is 0 Å². The Morgan fingerprint density at radius 2 is 0.782 bits per heavy atom. The Kier molecular flexibility index (Phi) is 7.81. The van der Waals surface area contributed by atoms with Crippen LogP contribution >= 0.6 is 0 Å². The highest BCUT2D eigenvalue weighted by molar-refractivity contribution is 6.01. The molecule has 0 aliphatic heterocycles.